The van der Waals surface area contributed by atoms with E-state index in [0.717, 1.165) is 55.1 Å². The van der Waals surface area contributed by atoms with Gasteiger partial charge in [0.1, 0.15) is 6.61 Å². The zero-order valence-electron chi connectivity index (χ0n) is 25.4. The van der Waals surface area contributed by atoms with Gasteiger partial charge in [-0.05, 0) is 97.7 Å². The summed E-state index contributed by atoms with van der Waals surface area (Å²) < 4.78 is 16.4. The molecule has 2 aliphatic rings. The molecule has 1 aliphatic carbocycles. The van der Waals surface area contributed by atoms with Gasteiger partial charge in [-0.25, -0.2) is 4.99 Å². The number of allylic oxidation sites excluding steroid dienone is 1. The van der Waals surface area contributed by atoms with Crippen molar-refractivity contribution in [2.45, 2.75) is 25.5 Å². The first-order chi connectivity index (χ1) is 23.0. The van der Waals surface area contributed by atoms with Crippen LogP contribution < -0.4 is 24.4 Å². The van der Waals surface area contributed by atoms with E-state index in [4.69, 9.17) is 14.5 Å². The number of fused-ring (bicyclic) bond motifs is 4. The molecule has 0 spiro atoms. The first kappa shape index (κ1) is 30.1. The molecule has 2 heterocycles. The van der Waals surface area contributed by atoms with E-state index in [1.807, 2.05) is 53.1 Å². The zero-order valence-corrected chi connectivity index (χ0v) is 29.4. The van der Waals surface area contributed by atoms with Gasteiger partial charge in [0.25, 0.3) is 5.56 Å². The van der Waals surface area contributed by atoms with E-state index in [0.29, 0.717) is 27.4 Å². The minimum absolute atomic E-state index is 0.0570. The highest BCUT2D eigenvalue weighted by Crippen LogP contribution is 2.42. The Morgan fingerprint density at radius 1 is 0.936 bits per heavy atom. The lowest BCUT2D eigenvalue weighted by atomic mass is 9.83. The quantitative estimate of drug-likeness (QED) is 0.171. The molecule has 0 radical (unpaired) electrons. The number of nitrogens with zero attached hydrogens (tertiary/aromatic N) is 2. The summed E-state index contributed by atoms with van der Waals surface area (Å²) in [5, 5.41) is 2.33. The minimum Gasteiger partial charge on any atom is -0.493 e. The molecule has 0 amide bonds. The average molecular weight is 765 g/mol. The number of rotatable bonds is 6. The normalized spacial score (nSPS) is 15.6. The monoisotopic (exact) mass is 762 g/mol. The Morgan fingerprint density at radius 3 is 2.57 bits per heavy atom. The molecule has 0 saturated carbocycles. The predicted octanol–water partition coefficient (Wildman–Crippen LogP) is 8.58. The second-order valence-electron chi connectivity index (χ2n) is 11.6. The van der Waals surface area contributed by atoms with Crippen molar-refractivity contribution in [2.75, 3.05) is 7.11 Å². The molecule has 1 aliphatic heterocycles. The van der Waals surface area contributed by atoms with Crippen LogP contribution >= 0.6 is 43.2 Å². The highest BCUT2D eigenvalue weighted by atomic mass is 79.9. The molecular formula is C39H28Br2N2O3S. The molecule has 0 bridgehead atoms. The van der Waals surface area contributed by atoms with Crippen LogP contribution in [0.4, 0.5) is 0 Å². The van der Waals surface area contributed by atoms with E-state index in [9.17, 15) is 4.79 Å². The summed E-state index contributed by atoms with van der Waals surface area (Å²) >= 11 is 8.71. The fraction of sp³-hybridized carbons (Fsp3) is 0.128. The van der Waals surface area contributed by atoms with Crippen molar-refractivity contribution in [3.63, 3.8) is 0 Å². The Labute approximate surface area is 292 Å². The molecule has 47 heavy (non-hydrogen) atoms. The number of benzene rings is 5. The van der Waals surface area contributed by atoms with Gasteiger partial charge in [0, 0.05) is 10.0 Å². The second-order valence-corrected chi connectivity index (χ2v) is 14.4. The number of aryl methyl sites for hydroxylation is 1. The molecule has 0 N–H and O–H groups in total. The summed E-state index contributed by atoms with van der Waals surface area (Å²) in [5.41, 5.74) is 7.55. The molecule has 8 rings (SSSR count). The van der Waals surface area contributed by atoms with Crippen molar-refractivity contribution in [2.24, 2.45) is 4.99 Å². The van der Waals surface area contributed by atoms with E-state index < -0.39 is 0 Å². The molecule has 232 valence electrons. The van der Waals surface area contributed by atoms with Crippen LogP contribution in [-0.2, 0) is 13.0 Å². The minimum atomic E-state index is -0.226. The van der Waals surface area contributed by atoms with Crippen LogP contribution in [0.3, 0.4) is 0 Å². The van der Waals surface area contributed by atoms with E-state index in [1.54, 1.807) is 7.11 Å². The highest BCUT2D eigenvalue weighted by Gasteiger charge is 2.32. The smallest absolute Gasteiger partial charge is 0.271 e. The molecular weight excluding hydrogens is 736 g/mol. The second kappa shape index (κ2) is 12.4. The lowest BCUT2D eigenvalue weighted by Gasteiger charge is -2.30. The van der Waals surface area contributed by atoms with Crippen LogP contribution in [-0.4, -0.2) is 11.7 Å². The van der Waals surface area contributed by atoms with E-state index in [-0.39, 0.29) is 11.6 Å². The van der Waals surface area contributed by atoms with Crippen LogP contribution in [0, 0.1) is 0 Å². The molecule has 1 atom stereocenters. The maximum Gasteiger partial charge on any atom is 0.271 e. The molecule has 8 heteroatoms. The maximum absolute atomic E-state index is 14.2. The number of halogens is 2. The summed E-state index contributed by atoms with van der Waals surface area (Å²) in [6.07, 6.45) is 3.69. The summed E-state index contributed by atoms with van der Waals surface area (Å²) in [4.78, 5) is 20.1. The maximum atomic E-state index is 14.2. The lowest BCUT2D eigenvalue weighted by Crippen LogP contribution is -2.38. The van der Waals surface area contributed by atoms with Gasteiger partial charge in [0.2, 0.25) is 0 Å². The van der Waals surface area contributed by atoms with Gasteiger partial charge in [-0.1, -0.05) is 106 Å². The Balaban J connectivity index is 1.20. The van der Waals surface area contributed by atoms with Gasteiger partial charge in [0.15, 0.2) is 16.3 Å². The zero-order chi connectivity index (χ0) is 32.1. The largest absolute Gasteiger partial charge is 0.493 e. The van der Waals surface area contributed by atoms with Crippen LogP contribution in [0.2, 0.25) is 0 Å². The number of aromatic nitrogens is 1. The Kier molecular flexibility index (Phi) is 7.95. The van der Waals surface area contributed by atoms with Crippen molar-refractivity contribution in [3.8, 4) is 11.5 Å². The number of hydrogen-bond donors (Lipinski definition) is 0. The summed E-state index contributed by atoms with van der Waals surface area (Å²) in [5.74, 6) is 1.19. The Morgan fingerprint density at radius 2 is 1.72 bits per heavy atom. The van der Waals surface area contributed by atoms with Gasteiger partial charge >= 0.3 is 0 Å². The lowest BCUT2D eigenvalue weighted by molar-refractivity contribution is 0.283. The fourth-order valence-electron chi connectivity index (χ4n) is 6.65. The predicted molar refractivity (Wildman–Crippen MR) is 196 cm³/mol. The van der Waals surface area contributed by atoms with Crippen LogP contribution in [0.25, 0.3) is 22.5 Å². The molecule has 0 fully saturated rings. The van der Waals surface area contributed by atoms with Crippen molar-refractivity contribution in [3.05, 3.63) is 165 Å². The molecule has 5 nitrogen and oxygen atoms in total. The van der Waals surface area contributed by atoms with Gasteiger partial charge in [0.05, 0.1) is 27.9 Å². The molecule has 1 aromatic heterocycles. The molecule has 0 saturated heterocycles. The first-order valence-corrected chi connectivity index (χ1v) is 17.7. The molecule has 6 aromatic rings. The summed E-state index contributed by atoms with van der Waals surface area (Å²) in [6, 6.07) is 34.9. The molecule has 0 unspecified atom stereocenters. The van der Waals surface area contributed by atoms with Gasteiger partial charge in [-0.3, -0.25) is 9.36 Å². The number of hydrogen-bond acceptors (Lipinski definition) is 5. The molecule has 5 aromatic carbocycles. The number of methoxy groups -OCH3 is 1. The topological polar surface area (TPSA) is 52.8 Å². The third kappa shape index (κ3) is 5.48. The van der Waals surface area contributed by atoms with Crippen LogP contribution in [0.5, 0.6) is 11.5 Å². The third-order valence-corrected chi connectivity index (χ3v) is 11.0. The SMILES string of the molecule is COc1cc(/C=c2\sc3n(c2=O)[C@H](c2ccc(Br)cc2)C2=C(N=3)c3ccccc3CC2)cc(Br)c1OCc1cccc2ccccc12. The Bertz CT molecular complexity index is 2410. The fourth-order valence-corrected chi connectivity index (χ4v) is 8.49. The summed E-state index contributed by atoms with van der Waals surface area (Å²) in [6.45, 7) is 0.387. The third-order valence-electron chi connectivity index (χ3n) is 8.86. The van der Waals surface area contributed by atoms with Gasteiger partial charge < -0.3 is 9.47 Å². The number of thiazole rings is 1. The van der Waals surface area contributed by atoms with Gasteiger partial charge in [-0.15, -0.1) is 0 Å². The van der Waals surface area contributed by atoms with E-state index >= 15 is 0 Å². The number of ether oxygens (including phenoxy) is 2. The first-order valence-electron chi connectivity index (χ1n) is 15.3. The standard InChI is InChI=1S/C39H28Br2N2O3S/c1-45-33-20-23(19-32(41)37(33)46-22-27-10-6-9-24-7-2-4-11-29(24)27)21-34-38(44)43-36(26-13-16-28(40)17-14-26)31-18-15-25-8-3-5-12-30(25)35(31)42-39(43)47-34/h2-14,16-17,19-21,36H,15,18,22H2,1H3/b34-21-/t36-/m1/s1. The van der Waals surface area contributed by atoms with Crippen molar-refractivity contribution in [1.29, 1.82) is 0 Å². The van der Waals surface area contributed by atoms with Crippen LogP contribution in [0.1, 0.15) is 40.3 Å². The van der Waals surface area contributed by atoms with E-state index in [2.05, 4.69) is 92.5 Å². The van der Waals surface area contributed by atoms with Crippen molar-refractivity contribution < 1.29 is 9.47 Å². The Hall–Kier alpha value is -4.24. The van der Waals surface area contributed by atoms with Crippen molar-refractivity contribution in [1.82, 2.24) is 4.57 Å². The van der Waals surface area contributed by atoms with Crippen molar-refractivity contribution >= 4 is 65.7 Å². The van der Waals surface area contributed by atoms with E-state index in [1.165, 1.54) is 27.9 Å². The highest BCUT2D eigenvalue weighted by molar-refractivity contribution is 9.10. The van der Waals surface area contributed by atoms with Crippen LogP contribution in [0.15, 0.2) is 127 Å². The summed E-state index contributed by atoms with van der Waals surface area (Å²) in [7, 11) is 1.63. The van der Waals surface area contributed by atoms with Gasteiger partial charge in [-0.2, -0.15) is 0 Å². The average Bonchev–Trinajstić information content (AvgIpc) is 3.40.